The van der Waals surface area contributed by atoms with Gasteiger partial charge in [-0.05, 0) is 30.7 Å². The van der Waals surface area contributed by atoms with Crippen molar-refractivity contribution in [1.82, 2.24) is 4.31 Å². The number of nitriles is 1. The Hall–Kier alpha value is -1.26. The Morgan fingerprint density at radius 3 is 2.61 bits per heavy atom. The van der Waals surface area contributed by atoms with E-state index < -0.39 is 16.6 Å². The first-order chi connectivity index (χ1) is 8.58. The van der Waals surface area contributed by atoms with Gasteiger partial charge in [0.1, 0.15) is 16.6 Å². The van der Waals surface area contributed by atoms with E-state index in [1.165, 1.54) is 0 Å². The van der Waals surface area contributed by atoms with Crippen LogP contribution in [0.15, 0.2) is 29.2 Å². The molecule has 1 fully saturated rings. The van der Waals surface area contributed by atoms with Gasteiger partial charge in [0.15, 0.2) is 0 Å². The molecule has 0 spiro atoms. The van der Waals surface area contributed by atoms with Gasteiger partial charge in [0.05, 0.1) is 23.1 Å². The number of β-amino-alcohol motifs (C(OH)–C–C–N with tert-alkyl or cyclic N) is 1. The van der Waals surface area contributed by atoms with E-state index in [9.17, 15) is 9.32 Å². The second kappa shape index (κ2) is 5.16. The highest BCUT2D eigenvalue weighted by Gasteiger charge is 2.38. The predicted molar refractivity (Wildman–Crippen MR) is 65.8 cm³/mol. The van der Waals surface area contributed by atoms with Crippen molar-refractivity contribution in [2.45, 2.75) is 16.9 Å². The molecule has 1 heterocycles. The summed E-state index contributed by atoms with van der Waals surface area (Å²) < 4.78 is 13.8. The molecule has 0 saturated carbocycles. The van der Waals surface area contributed by atoms with E-state index in [2.05, 4.69) is 0 Å². The van der Waals surface area contributed by atoms with E-state index in [0.717, 1.165) is 0 Å². The Morgan fingerprint density at radius 1 is 1.44 bits per heavy atom. The highest BCUT2D eigenvalue weighted by Crippen LogP contribution is 2.24. The molecule has 1 aromatic rings. The number of benzene rings is 1. The summed E-state index contributed by atoms with van der Waals surface area (Å²) in [5.41, 5.74) is -0.633. The molecule has 0 bridgehead atoms. The summed E-state index contributed by atoms with van der Waals surface area (Å²) in [6.07, 6.45) is 0.408. The summed E-state index contributed by atoms with van der Waals surface area (Å²) in [4.78, 5) is 0.594. The molecule has 6 heteroatoms. The van der Waals surface area contributed by atoms with Gasteiger partial charge in [-0.2, -0.15) is 5.26 Å². The third-order valence-electron chi connectivity index (χ3n) is 3.01. The zero-order chi connectivity index (χ0) is 13.2. The lowest BCUT2D eigenvalue weighted by Crippen LogP contribution is -2.37. The van der Waals surface area contributed by atoms with E-state index in [4.69, 9.17) is 10.4 Å². The fraction of sp³-hybridized carbons (Fsp3) is 0.417. The second-order valence-electron chi connectivity index (χ2n) is 4.38. The fourth-order valence-electron chi connectivity index (χ4n) is 1.88. The molecule has 2 unspecified atom stereocenters. The first kappa shape index (κ1) is 13.2. The van der Waals surface area contributed by atoms with Crippen molar-refractivity contribution >= 4 is 11.0 Å². The van der Waals surface area contributed by atoms with E-state index in [-0.39, 0.29) is 13.2 Å². The number of aliphatic hydroxyl groups excluding tert-OH is 1. The Morgan fingerprint density at radius 2 is 2.11 bits per heavy atom. The highest BCUT2D eigenvalue weighted by atomic mass is 32.2. The maximum absolute atomic E-state index is 12.2. The Bertz CT molecular complexity index is 497. The van der Waals surface area contributed by atoms with Crippen LogP contribution in [0.1, 0.15) is 12.0 Å². The SMILES string of the molecule is N#Cc1ccc(S(=O)N2CCC(O)(CO)C2)cc1. The third kappa shape index (κ3) is 2.60. The minimum Gasteiger partial charge on any atom is -0.393 e. The van der Waals surface area contributed by atoms with Crippen LogP contribution in [0, 0.1) is 11.3 Å². The fourth-order valence-corrected chi connectivity index (χ4v) is 3.17. The molecular formula is C12H14N2O3S. The molecule has 2 rings (SSSR count). The number of aliphatic hydroxyl groups is 2. The van der Waals surface area contributed by atoms with Crippen LogP contribution < -0.4 is 0 Å². The van der Waals surface area contributed by atoms with Crippen LogP contribution in [-0.4, -0.2) is 44.0 Å². The molecular weight excluding hydrogens is 252 g/mol. The van der Waals surface area contributed by atoms with Gasteiger partial charge in [0, 0.05) is 13.1 Å². The molecule has 18 heavy (non-hydrogen) atoms. The van der Waals surface area contributed by atoms with Crippen molar-refractivity contribution in [3.63, 3.8) is 0 Å². The van der Waals surface area contributed by atoms with Crippen molar-refractivity contribution in [2.24, 2.45) is 0 Å². The first-order valence-corrected chi connectivity index (χ1v) is 6.69. The Kier molecular flexibility index (Phi) is 3.78. The van der Waals surface area contributed by atoms with E-state index in [0.29, 0.717) is 23.4 Å². The van der Waals surface area contributed by atoms with Crippen LogP contribution in [-0.2, 0) is 11.0 Å². The summed E-state index contributed by atoms with van der Waals surface area (Å²) in [7, 11) is -1.36. The molecule has 1 saturated heterocycles. The molecule has 2 atom stereocenters. The van der Waals surface area contributed by atoms with Gasteiger partial charge in [-0.15, -0.1) is 0 Å². The quantitative estimate of drug-likeness (QED) is 0.807. The normalized spacial score (nSPS) is 25.8. The molecule has 2 N–H and O–H groups in total. The Labute approximate surface area is 108 Å². The standard InChI is InChI=1S/C12H14N2O3S/c13-7-10-1-3-11(4-2-10)18(17)14-6-5-12(16,8-14)9-15/h1-4,15-16H,5-6,8-9H2. The van der Waals surface area contributed by atoms with Crippen molar-refractivity contribution in [3.8, 4) is 6.07 Å². The molecule has 0 radical (unpaired) electrons. The molecule has 0 amide bonds. The molecule has 0 aliphatic carbocycles. The number of hydrogen-bond acceptors (Lipinski definition) is 4. The Balaban J connectivity index is 2.11. The van der Waals surface area contributed by atoms with Gasteiger partial charge in [-0.1, -0.05) is 0 Å². The van der Waals surface area contributed by atoms with Gasteiger partial charge in [-0.3, -0.25) is 0 Å². The lowest BCUT2D eigenvalue weighted by Gasteiger charge is -2.20. The lowest BCUT2D eigenvalue weighted by atomic mass is 10.1. The molecule has 1 aliphatic rings. The summed E-state index contributed by atoms with van der Waals surface area (Å²) >= 11 is 0. The maximum atomic E-state index is 12.2. The topological polar surface area (TPSA) is 84.6 Å². The van der Waals surface area contributed by atoms with Gasteiger partial charge < -0.3 is 10.2 Å². The summed E-state index contributed by atoms with van der Waals surface area (Å²) in [6, 6.07) is 8.51. The van der Waals surface area contributed by atoms with Gasteiger partial charge in [-0.25, -0.2) is 8.51 Å². The second-order valence-corrected chi connectivity index (χ2v) is 5.87. The number of hydrogen-bond donors (Lipinski definition) is 2. The van der Waals surface area contributed by atoms with Gasteiger partial charge in [0.25, 0.3) is 0 Å². The average molecular weight is 266 g/mol. The van der Waals surface area contributed by atoms with Crippen molar-refractivity contribution in [1.29, 1.82) is 5.26 Å². The third-order valence-corrected chi connectivity index (χ3v) is 4.47. The van der Waals surface area contributed by atoms with Crippen molar-refractivity contribution < 1.29 is 14.4 Å². The van der Waals surface area contributed by atoms with Crippen LogP contribution in [0.25, 0.3) is 0 Å². The minimum atomic E-state index is -1.36. The van der Waals surface area contributed by atoms with E-state index in [1.807, 2.05) is 6.07 Å². The largest absolute Gasteiger partial charge is 0.393 e. The molecule has 1 aromatic carbocycles. The molecule has 5 nitrogen and oxygen atoms in total. The maximum Gasteiger partial charge on any atom is 0.127 e. The van der Waals surface area contributed by atoms with Crippen molar-refractivity contribution in [3.05, 3.63) is 29.8 Å². The van der Waals surface area contributed by atoms with Crippen LogP contribution in [0.4, 0.5) is 0 Å². The minimum absolute atomic E-state index is 0.191. The van der Waals surface area contributed by atoms with E-state index in [1.54, 1.807) is 28.6 Å². The van der Waals surface area contributed by atoms with Crippen LogP contribution in [0.3, 0.4) is 0 Å². The summed E-state index contributed by atoms with van der Waals surface area (Å²) in [6.45, 7) is 0.341. The van der Waals surface area contributed by atoms with Gasteiger partial charge in [0.2, 0.25) is 0 Å². The molecule has 0 aromatic heterocycles. The van der Waals surface area contributed by atoms with Crippen LogP contribution in [0.2, 0.25) is 0 Å². The van der Waals surface area contributed by atoms with Crippen molar-refractivity contribution in [2.75, 3.05) is 19.7 Å². The molecule has 96 valence electrons. The highest BCUT2D eigenvalue weighted by molar-refractivity contribution is 7.82. The lowest BCUT2D eigenvalue weighted by molar-refractivity contribution is -0.000502. The predicted octanol–water partition coefficient (Wildman–Crippen LogP) is 0.00998. The zero-order valence-corrected chi connectivity index (χ0v) is 10.6. The summed E-state index contributed by atoms with van der Waals surface area (Å²) in [5.74, 6) is 0. The van der Waals surface area contributed by atoms with Gasteiger partial charge >= 0.3 is 0 Å². The van der Waals surface area contributed by atoms with Crippen LogP contribution >= 0.6 is 0 Å². The van der Waals surface area contributed by atoms with Crippen LogP contribution in [0.5, 0.6) is 0 Å². The number of nitrogens with zero attached hydrogens (tertiary/aromatic N) is 2. The first-order valence-electron chi connectivity index (χ1n) is 5.58. The smallest absolute Gasteiger partial charge is 0.127 e. The average Bonchev–Trinajstić information content (AvgIpc) is 2.81. The summed E-state index contributed by atoms with van der Waals surface area (Å²) in [5, 5.41) is 27.6. The number of rotatable bonds is 3. The van der Waals surface area contributed by atoms with E-state index >= 15 is 0 Å². The monoisotopic (exact) mass is 266 g/mol. The zero-order valence-electron chi connectivity index (χ0n) is 9.74. The molecule has 1 aliphatic heterocycles.